The van der Waals surface area contributed by atoms with Gasteiger partial charge in [0.15, 0.2) is 11.5 Å². The highest BCUT2D eigenvalue weighted by Crippen LogP contribution is 2.37. The number of nitrogens with zero attached hydrogens (tertiary/aromatic N) is 2. The lowest BCUT2D eigenvalue weighted by Gasteiger charge is -2.20. The van der Waals surface area contributed by atoms with Crippen LogP contribution >= 0.6 is 11.6 Å². The average molecular weight is 448 g/mol. The normalized spacial score (nSPS) is 15.1. The van der Waals surface area contributed by atoms with Gasteiger partial charge in [-0.1, -0.05) is 29.8 Å². The second kappa shape index (κ2) is 9.24. The van der Waals surface area contributed by atoms with Crippen LogP contribution in [-0.2, 0) is 0 Å². The monoisotopic (exact) mass is 447 g/mol. The number of ether oxygens (including phenoxy) is 2. The Hall–Kier alpha value is -3.64. The first-order chi connectivity index (χ1) is 15.5. The first-order valence-electron chi connectivity index (χ1n) is 10.0. The average Bonchev–Trinajstić information content (AvgIpc) is 2.94. The number of hydrogen-bond donors (Lipinski definition) is 1. The van der Waals surface area contributed by atoms with Crippen LogP contribution in [0.2, 0.25) is 5.02 Å². The van der Waals surface area contributed by atoms with Crippen LogP contribution in [0.15, 0.2) is 76.7 Å². The number of fused-ring (bicyclic) bond motifs is 1. The number of amides is 1. The van der Waals surface area contributed by atoms with Crippen molar-refractivity contribution in [3.8, 4) is 11.5 Å². The Morgan fingerprint density at radius 1 is 0.906 bits per heavy atom. The van der Waals surface area contributed by atoms with Crippen molar-refractivity contribution in [2.24, 2.45) is 9.98 Å². The van der Waals surface area contributed by atoms with E-state index in [1.54, 1.807) is 38.5 Å². The van der Waals surface area contributed by atoms with Crippen molar-refractivity contribution in [1.82, 2.24) is 5.32 Å². The van der Waals surface area contributed by atoms with Gasteiger partial charge in [0, 0.05) is 16.3 Å². The van der Waals surface area contributed by atoms with E-state index >= 15 is 0 Å². The second-order valence-corrected chi connectivity index (χ2v) is 7.68. The van der Waals surface area contributed by atoms with Crippen LogP contribution in [0, 0.1) is 0 Å². The van der Waals surface area contributed by atoms with Crippen LogP contribution in [0.3, 0.4) is 0 Å². The minimum Gasteiger partial charge on any atom is -0.493 e. The van der Waals surface area contributed by atoms with Gasteiger partial charge in [0.2, 0.25) is 0 Å². The molecule has 1 aliphatic heterocycles. The Kier molecular flexibility index (Phi) is 6.23. The summed E-state index contributed by atoms with van der Waals surface area (Å²) < 4.78 is 10.9. The molecular formula is C25H22ClN3O3. The lowest BCUT2D eigenvalue weighted by Crippen LogP contribution is -2.37. The summed E-state index contributed by atoms with van der Waals surface area (Å²) in [6.45, 7) is 1.92. The van der Waals surface area contributed by atoms with Crippen molar-refractivity contribution in [3.63, 3.8) is 0 Å². The molecule has 0 radical (unpaired) electrons. The van der Waals surface area contributed by atoms with E-state index in [2.05, 4.69) is 5.32 Å². The molecule has 4 rings (SSSR count). The molecule has 0 spiro atoms. The number of carbonyl (C=O) groups excluding carboxylic acids is 1. The minimum absolute atomic E-state index is 0.280. The van der Waals surface area contributed by atoms with Crippen molar-refractivity contribution in [2.75, 3.05) is 14.2 Å². The fourth-order valence-corrected chi connectivity index (χ4v) is 3.75. The number of amidine groups is 1. The summed E-state index contributed by atoms with van der Waals surface area (Å²) in [6, 6.07) is 19.9. The van der Waals surface area contributed by atoms with Gasteiger partial charge in [-0.15, -0.1) is 0 Å². The maximum absolute atomic E-state index is 13.0. The van der Waals surface area contributed by atoms with E-state index in [1.807, 2.05) is 49.4 Å². The van der Waals surface area contributed by atoms with E-state index in [0.29, 0.717) is 33.6 Å². The van der Waals surface area contributed by atoms with Crippen LogP contribution in [0.4, 0.5) is 11.4 Å². The Morgan fingerprint density at radius 2 is 1.56 bits per heavy atom. The maximum Gasteiger partial charge on any atom is 0.256 e. The van der Waals surface area contributed by atoms with Crippen LogP contribution < -0.4 is 14.8 Å². The third-order valence-corrected chi connectivity index (χ3v) is 5.45. The first-order valence-corrected chi connectivity index (χ1v) is 10.4. The maximum atomic E-state index is 13.0. The number of methoxy groups -OCH3 is 2. The van der Waals surface area contributed by atoms with Gasteiger partial charge in [0.25, 0.3) is 5.91 Å². The van der Waals surface area contributed by atoms with Gasteiger partial charge in [-0.3, -0.25) is 9.79 Å². The standard InChI is InChI=1S/C25H22ClN3O3/c1-15-23(17-10-13-21(31-2)22(14-17)32-3)24(28-20-7-5-4-6-19(20)27-15)29-25(30)16-8-11-18(26)12-9-16/h4-14,23H,1-3H3,(H,28,29,30). The molecule has 0 saturated heterocycles. The van der Waals surface area contributed by atoms with Gasteiger partial charge in [0.05, 0.1) is 31.5 Å². The Morgan fingerprint density at radius 3 is 2.22 bits per heavy atom. The zero-order valence-electron chi connectivity index (χ0n) is 17.9. The molecular weight excluding hydrogens is 426 g/mol. The number of hydrogen-bond acceptors (Lipinski definition) is 5. The summed E-state index contributed by atoms with van der Waals surface area (Å²) in [4.78, 5) is 22.6. The summed E-state index contributed by atoms with van der Waals surface area (Å²) in [5.41, 5.74) is 3.56. The Labute approximate surface area is 191 Å². The van der Waals surface area contributed by atoms with Crippen molar-refractivity contribution in [2.45, 2.75) is 12.8 Å². The molecule has 32 heavy (non-hydrogen) atoms. The highest BCUT2D eigenvalue weighted by Gasteiger charge is 2.27. The molecule has 6 nitrogen and oxygen atoms in total. The Balaban J connectivity index is 1.80. The summed E-state index contributed by atoms with van der Waals surface area (Å²) in [5.74, 6) is 1.01. The summed E-state index contributed by atoms with van der Waals surface area (Å²) in [7, 11) is 3.18. The molecule has 0 aromatic heterocycles. The first kappa shape index (κ1) is 21.6. The zero-order valence-corrected chi connectivity index (χ0v) is 18.7. The fourth-order valence-electron chi connectivity index (χ4n) is 3.62. The molecule has 1 N–H and O–H groups in total. The van der Waals surface area contributed by atoms with Crippen LogP contribution in [0.1, 0.15) is 28.8 Å². The predicted molar refractivity (Wildman–Crippen MR) is 128 cm³/mol. The third-order valence-electron chi connectivity index (χ3n) is 5.20. The van der Waals surface area contributed by atoms with Gasteiger partial charge in [-0.2, -0.15) is 0 Å². The SMILES string of the molecule is COc1ccc(C2C(C)=Nc3ccccc3N=C2NC(=O)c2ccc(Cl)cc2)cc1OC. The fraction of sp³-hybridized carbons (Fsp3) is 0.160. The van der Waals surface area contributed by atoms with Crippen LogP contribution in [0.25, 0.3) is 0 Å². The molecule has 3 aromatic carbocycles. The van der Waals surface area contributed by atoms with E-state index in [0.717, 1.165) is 17.0 Å². The van der Waals surface area contributed by atoms with Gasteiger partial charge in [0.1, 0.15) is 5.84 Å². The second-order valence-electron chi connectivity index (χ2n) is 7.25. The molecule has 0 saturated carbocycles. The molecule has 162 valence electrons. The van der Waals surface area contributed by atoms with E-state index in [1.165, 1.54) is 0 Å². The number of benzene rings is 3. The summed E-state index contributed by atoms with van der Waals surface area (Å²) >= 11 is 5.97. The summed E-state index contributed by atoms with van der Waals surface area (Å²) in [6.07, 6.45) is 0. The van der Waals surface area contributed by atoms with E-state index in [4.69, 9.17) is 31.1 Å². The molecule has 1 unspecified atom stereocenters. The molecule has 1 aliphatic rings. The van der Waals surface area contributed by atoms with Crippen molar-refractivity contribution in [1.29, 1.82) is 0 Å². The molecule has 1 atom stereocenters. The number of nitrogens with one attached hydrogen (secondary N) is 1. The predicted octanol–water partition coefficient (Wildman–Crippen LogP) is 5.71. The van der Waals surface area contributed by atoms with E-state index in [9.17, 15) is 4.79 Å². The number of halogens is 1. The Bertz CT molecular complexity index is 1220. The van der Waals surface area contributed by atoms with E-state index < -0.39 is 5.92 Å². The third kappa shape index (κ3) is 4.36. The van der Waals surface area contributed by atoms with Gasteiger partial charge < -0.3 is 14.8 Å². The van der Waals surface area contributed by atoms with Gasteiger partial charge >= 0.3 is 0 Å². The van der Waals surface area contributed by atoms with Gasteiger partial charge in [-0.25, -0.2) is 4.99 Å². The highest BCUT2D eigenvalue weighted by molar-refractivity contribution is 6.30. The molecule has 3 aromatic rings. The number of para-hydroxylation sites is 2. The topological polar surface area (TPSA) is 72.3 Å². The van der Waals surface area contributed by atoms with Crippen LogP contribution in [0.5, 0.6) is 11.5 Å². The minimum atomic E-state index is -0.390. The molecule has 0 fully saturated rings. The van der Waals surface area contributed by atoms with Gasteiger partial charge in [-0.05, 0) is 61.0 Å². The smallest absolute Gasteiger partial charge is 0.256 e. The van der Waals surface area contributed by atoms with E-state index in [-0.39, 0.29) is 5.91 Å². The summed E-state index contributed by atoms with van der Waals surface area (Å²) in [5, 5.41) is 3.56. The molecule has 0 bridgehead atoms. The highest BCUT2D eigenvalue weighted by atomic mass is 35.5. The molecule has 1 amide bonds. The van der Waals surface area contributed by atoms with Crippen molar-refractivity contribution in [3.05, 3.63) is 82.9 Å². The zero-order chi connectivity index (χ0) is 22.7. The number of rotatable bonds is 4. The largest absolute Gasteiger partial charge is 0.493 e. The quantitative estimate of drug-likeness (QED) is 0.557. The van der Waals surface area contributed by atoms with Crippen molar-refractivity contribution < 1.29 is 14.3 Å². The molecule has 0 aliphatic carbocycles. The molecule has 1 heterocycles. The molecule has 7 heteroatoms. The number of aliphatic imine (C=N–C) groups is 2. The van der Waals surface area contributed by atoms with Crippen LogP contribution in [-0.4, -0.2) is 31.7 Å². The lowest BCUT2D eigenvalue weighted by atomic mass is 9.92. The lowest BCUT2D eigenvalue weighted by molar-refractivity contribution is 0.0976. The van der Waals surface area contributed by atoms with Crippen molar-refractivity contribution >= 4 is 40.4 Å². The number of carbonyl (C=O) groups is 1.